The zero-order valence-corrected chi connectivity index (χ0v) is 7.27. The van der Waals surface area contributed by atoms with Crippen molar-refractivity contribution < 1.29 is 19.4 Å². The maximum absolute atomic E-state index is 12.5. The van der Waals surface area contributed by atoms with E-state index in [0.29, 0.717) is 0 Å². The molecule has 4 N–H and O–H groups in total. The molecular weight excluding hydrogens is 189 g/mol. The van der Waals surface area contributed by atoms with Crippen LogP contribution in [-0.2, 0) is 10.3 Å². The molecule has 1 atom stereocenters. The predicted octanol–water partition coefficient (Wildman–Crippen LogP) is 0.0566. The monoisotopic (exact) mass is 199 g/mol. The van der Waals surface area contributed by atoms with Gasteiger partial charge in [0.1, 0.15) is 5.82 Å². The third kappa shape index (κ3) is 1.73. The molecule has 0 radical (unpaired) electrons. The van der Waals surface area contributed by atoms with Gasteiger partial charge in [0.25, 0.3) is 0 Å². The summed E-state index contributed by atoms with van der Waals surface area (Å²) in [5, 5.41) is 17.7. The van der Waals surface area contributed by atoms with E-state index in [4.69, 9.17) is 15.9 Å². The van der Waals surface area contributed by atoms with Crippen LogP contribution in [0.1, 0.15) is 5.56 Å². The van der Waals surface area contributed by atoms with E-state index in [1.807, 2.05) is 0 Å². The standard InChI is InChI=1S/C9H10FNO3/c10-7-3-1-6(2-4-7)9(11,5-12)8(13)14/h1-4,12H,5,11H2,(H,13,14). The van der Waals surface area contributed by atoms with Gasteiger partial charge in [-0.3, -0.25) is 0 Å². The van der Waals surface area contributed by atoms with Crippen LogP contribution in [0.2, 0.25) is 0 Å². The molecule has 1 unspecified atom stereocenters. The van der Waals surface area contributed by atoms with Crippen molar-refractivity contribution in [3.8, 4) is 0 Å². The lowest BCUT2D eigenvalue weighted by molar-refractivity contribution is -0.145. The number of halogens is 1. The van der Waals surface area contributed by atoms with Gasteiger partial charge in [-0.05, 0) is 17.7 Å². The number of benzene rings is 1. The zero-order chi connectivity index (χ0) is 10.8. The first-order valence-electron chi connectivity index (χ1n) is 3.90. The van der Waals surface area contributed by atoms with Crippen molar-refractivity contribution in [3.05, 3.63) is 35.6 Å². The lowest BCUT2D eigenvalue weighted by Gasteiger charge is -2.22. The first-order valence-corrected chi connectivity index (χ1v) is 3.90. The molecular formula is C9H10FNO3. The summed E-state index contributed by atoms with van der Waals surface area (Å²) in [6.45, 7) is -0.742. The Labute approximate surface area is 79.8 Å². The summed E-state index contributed by atoms with van der Waals surface area (Å²) in [4.78, 5) is 10.8. The minimum absolute atomic E-state index is 0.161. The van der Waals surface area contributed by atoms with E-state index in [0.717, 1.165) is 12.1 Å². The van der Waals surface area contributed by atoms with Crippen LogP contribution in [0.4, 0.5) is 4.39 Å². The van der Waals surface area contributed by atoms with E-state index >= 15 is 0 Å². The Morgan fingerprint density at radius 3 is 2.29 bits per heavy atom. The van der Waals surface area contributed by atoms with Gasteiger partial charge in [0, 0.05) is 0 Å². The number of hydrogen-bond donors (Lipinski definition) is 3. The fourth-order valence-corrected chi connectivity index (χ4v) is 1.03. The van der Waals surface area contributed by atoms with Crippen molar-refractivity contribution in [3.63, 3.8) is 0 Å². The highest BCUT2D eigenvalue weighted by molar-refractivity contribution is 5.80. The van der Waals surface area contributed by atoms with E-state index < -0.39 is 23.9 Å². The highest BCUT2D eigenvalue weighted by atomic mass is 19.1. The zero-order valence-electron chi connectivity index (χ0n) is 7.27. The second-order valence-corrected chi connectivity index (χ2v) is 2.94. The molecule has 0 spiro atoms. The lowest BCUT2D eigenvalue weighted by atomic mass is 9.92. The van der Waals surface area contributed by atoms with Gasteiger partial charge in [-0.1, -0.05) is 12.1 Å². The number of nitrogens with two attached hydrogens (primary N) is 1. The first kappa shape index (κ1) is 10.6. The Morgan fingerprint density at radius 1 is 1.43 bits per heavy atom. The van der Waals surface area contributed by atoms with Gasteiger partial charge < -0.3 is 15.9 Å². The van der Waals surface area contributed by atoms with Crippen molar-refractivity contribution >= 4 is 5.97 Å². The van der Waals surface area contributed by atoms with Gasteiger partial charge in [-0.15, -0.1) is 0 Å². The molecule has 0 fully saturated rings. The van der Waals surface area contributed by atoms with Crippen LogP contribution in [-0.4, -0.2) is 22.8 Å². The summed E-state index contributed by atoms with van der Waals surface area (Å²) in [5.41, 5.74) is 3.73. The number of carboxylic acid groups (broad SMARTS) is 1. The van der Waals surface area contributed by atoms with Crippen LogP contribution in [0.5, 0.6) is 0 Å². The van der Waals surface area contributed by atoms with Gasteiger partial charge in [-0.25, -0.2) is 9.18 Å². The van der Waals surface area contributed by atoms with E-state index in [-0.39, 0.29) is 5.56 Å². The Morgan fingerprint density at radius 2 is 1.93 bits per heavy atom. The summed E-state index contributed by atoms with van der Waals surface area (Å²) in [6.07, 6.45) is 0. The SMILES string of the molecule is NC(CO)(C(=O)O)c1ccc(F)cc1. The molecule has 0 saturated carbocycles. The maximum Gasteiger partial charge on any atom is 0.330 e. The third-order valence-electron chi connectivity index (χ3n) is 1.99. The molecule has 1 rings (SSSR count). The Kier molecular flexibility index (Phi) is 2.83. The van der Waals surface area contributed by atoms with Gasteiger partial charge in [0.15, 0.2) is 5.54 Å². The minimum atomic E-state index is -1.87. The number of aliphatic carboxylic acids is 1. The topological polar surface area (TPSA) is 83.5 Å². The lowest BCUT2D eigenvalue weighted by Crippen LogP contribution is -2.48. The second-order valence-electron chi connectivity index (χ2n) is 2.94. The van der Waals surface area contributed by atoms with Gasteiger partial charge in [0.05, 0.1) is 6.61 Å². The quantitative estimate of drug-likeness (QED) is 0.642. The summed E-state index contributed by atoms with van der Waals surface area (Å²) < 4.78 is 12.5. The molecule has 1 aromatic rings. The second kappa shape index (κ2) is 3.73. The molecule has 0 saturated heterocycles. The first-order chi connectivity index (χ1) is 6.50. The molecule has 14 heavy (non-hydrogen) atoms. The molecule has 0 bridgehead atoms. The molecule has 5 heteroatoms. The van der Waals surface area contributed by atoms with Gasteiger partial charge >= 0.3 is 5.97 Å². The molecule has 0 aliphatic carbocycles. The fourth-order valence-electron chi connectivity index (χ4n) is 1.03. The number of carbonyl (C=O) groups is 1. The molecule has 76 valence electrons. The van der Waals surface area contributed by atoms with Crippen LogP contribution in [0.3, 0.4) is 0 Å². The number of carboxylic acids is 1. The summed E-state index contributed by atoms with van der Waals surface area (Å²) in [5.74, 6) is -1.84. The molecule has 0 aliphatic rings. The highest BCUT2D eigenvalue weighted by Gasteiger charge is 2.35. The average molecular weight is 199 g/mol. The number of hydrogen-bond acceptors (Lipinski definition) is 3. The fraction of sp³-hybridized carbons (Fsp3) is 0.222. The molecule has 0 heterocycles. The van der Waals surface area contributed by atoms with E-state index in [1.54, 1.807) is 0 Å². The van der Waals surface area contributed by atoms with Crippen LogP contribution >= 0.6 is 0 Å². The van der Waals surface area contributed by atoms with Crippen molar-refractivity contribution in [1.29, 1.82) is 0 Å². The van der Waals surface area contributed by atoms with Crippen LogP contribution in [0, 0.1) is 5.82 Å². The predicted molar refractivity (Wildman–Crippen MR) is 47.0 cm³/mol. The van der Waals surface area contributed by atoms with E-state index in [1.165, 1.54) is 12.1 Å². The maximum atomic E-state index is 12.5. The molecule has 0 aromatic heterocycles. The normalized spacial score (nSPS) is 14.8. The summed E-state index contributed by atoms with van der Waals surface area (Å²) >= 11 is 0. The summed E-state index contributed by atoms with van der Waals surface area (Å²) in [6, 6.07) is 4.66. The Balaban J connectivity index is 3.13. The van der Waals surface area contributed by atoms with Crippen molar-refractivity contribution in [2.45, 2.75) is 5.54 Å². The minimum Gasteiger partial charge on any atom is -0.480 e. The molecule has 1 aromatic carbocycles. The van der Waals surface area contributed by atoms with Gasteiger partial charge in [0.2, 0.25) is 0 Å². The van der Waals surface area contributed by atoms with Crippen LogP contribution < -0.4 is 5.73 Å². The Bertz CT molecular complexity index is 338. The molecule has 0 amide bonds. The van der Waals surface area contributed by atoms with E-state index in [9.17, 15) is 9.18 Å². The highest BCUT2D eigenvalue weighted by Crippen LogP contribution is 2.18. The van der Waals surface area contributed by atoms with E-state index in [2.05, 4.69) is 0 Å². The van der Waals surface area contributed by atoms with Crippen molar-refractivity contribution in [1.82, 2.24) is 0 Å². The number of aliphatic hydroxyl groups excluding tert-OH is 1. The van der Waals surface area contributed by atoms with Gasteiger partial charge in [-0.2, -0.15) is 0 Å². The van der Waals surface area contributed by atoms with Crippen LogP contribution in [0.15, 0.2) is 24.3 Å². The smallest absolute Gasteiger partial charge is 0.330 e. The molecule has 4 nitrogen and oxygen atoms in total. The Hall–Kier alpha value is -1.46. The summed E-state index contributed by atoms with van der Waals surface area (Å²) in [7, 11) is 0. The number of rotatable bonds is 3. The molecule has 0 aliphatic heterocycles. The number of aliphatic hydroxyl groups is 1. The van der Waals surface area contributed by atoms with Crippen LogP contribution in [0.25, 0.3) is 0 Å². The van der Waals surface area contributed by atoms with Crippen molar-refractivity contribution in [2.24, 2.45) is 5.73 Å². The third-order valence-corrected chi connectivity index (χ3v) is 1.99. The van der Waals surface area contributed by atoms with Crippen molar-refractivity contribution in [2.75, 3.05) is 6.61 Å². The average Bonchev–Trinajstić information content (AvgIpc) is 2.17. The largest absolute Gasteiger partial charge is 0.480 e.